The molecule has 1 aromatic heterocycles. The van der Waals surface area contributed by atoms with Gasteiger partial charge in [0.25, 0.3) is 5.89 Å². The summed E-state index contributed by atoms with van der Waals surface area (Å²) in [6.07, 6.45) is 0. The maximum atomic E-state index is 5.42. The molecule has 1 heterocycles. The van der Waals surface area contributed by atoms with Crippen LogP contribution in [0.15, 0.2) is 53.1 Å². The average Bonchev–Trinajstić information content (AvgIpc) is 2.98. The lowest BCUT2D eigenvalue weighted by atomic mass is 10.1. The second kappa shape index (κ2) is 5.79. The van der Waals surface area contributed by atoms with Crippen molar-refractivity contribution < 1.29 is 9.26 Å². The van der Waals surface area contributed by atoms with E-state index < -0.39 is 0 Å². The van der Waals surface area contributed by atoms with E-state index in [2.05, 4.69) is 10.1 Å². The number of nitrogens with zero attached hydrogens (tertiary/aromatic N) is 2. The molecule has 0 atom stereocenters. The van der Waals surface area contributed by atoms with Crippen LogP contribution in [0.5, 0.6) is 5.75 Å². The van der Waals surface area contributed by atoms with E-state index in [0.717, 1.165) is 22.4 Å². The molecule has 3 aromatic rings. The molecule has 21 heavy (non-hydrogen) atoms. The van der Waals surface area contributed by atoms with Crippen LogP contribution in [0.25, 0.3) is 22.8 Å². The monoisotopic (exact) mass is 280 g/mol. The smallest absolute Gasteiger partial charge is 0.258 e. The van der Waals surface area contributed by atoms with E-state index in [9.17, 15) is 0 Å². The highest BCUT2D eigenvalue weighted by molar-refractivity contribution is 5.62. The molecule has 4 nitrogen and oxygen atoms in total. The summed E-state index contributed by atoms with van der Waals surface area (Å²) in [6.45, 7) is 4.64. The van der Waals surface area contributed by atoms with Crippen LogP contribution in [-0.4, -0.2) is 16.7 Å². The van der Waals surface area contributed by atoms with Crippen LogP contribution in [0.2, 0.25) is 0 Å². The van der Waals surface area contributed by atoms with Gasteiger partial charge in [-0.1, -0.05) is 23.4 Å². The van der Waals surface area contributed by atoms with E-state index in [1.165, 1.54) is 0 Å². The summed E-state index contributed by atoms with van der Waals surface area (Å²) < 4.78 is 10.8. The molecule has 0 amide bonds. The first-order chi connectivity index (χ1) is 10.3. The van der Waals surface area contributed by atoms with Gasteiger partial charge in [-0.15, -0.1) is 0 Å². The minimum absolute atomic E-state index is 0.539. The Kier molecular flexibility index (Phi) is 3.69. The van der Waals surface area contributed by atoms with E-state index in [0.29, 0.717) is 18.3 Å². The Labute approximate surface area is 123 Å². The number of aromatic nitrogens is 2. The van der Waals surface area contributed by atoms with E-state index >= 15 is 0 Å². The topological polar surface area (TPSA) is 48.2 Å². The molecule has 0 fully saturated rings. The molecule has 0 spiro atoms. The minimum atomic E-state index is 0.539. The van der Waals surface area contributed by atoms with E-state index in [1.54, 1.807) is 0 Å². The molecule has 0 aliphatic rings. The number of hydrogen-bond donors (Lipinski definition) is 0. The molecule has 4 heteroatoms. The Hall–Kier alpha value is -2.62. The molecule has 0 saturated heterocycles. The summed E-state index contributed by atoms with van der Waals surface area (Å²) >= 11 is 0. The number of ether oxygens (including phenoxy) is 1. The maximum absolute atomic E-state index is 5.42. The fourth-order valence-corrected chi connectivity index (χ4v) is 2.13. The van der Waals surface area contributed by atoms with Crippen LogP contribution in [-0.2, 0) is 0 Å². The summed E-state index contributed by atoms with van der Waals surface area (Å²) in [7, 11) is 0. The fourth-order valence-electron chi connectivity index (χ4n) is 2.13. The van der Waals surface area contributed by atoms with Crippen molar-refractivity contribution in [2.24, 2.45) is 0 Å². The lowest BCUT2D eigenvalue weighted by Crippen LogP contribution is -1.90. The maximum Gasteiger partial charge on any atom is 0.258 e. The third-order valence-electron chi connectivity index (χ3n) is 3.23. The van der Waals surface area contributed by atoms with Crippen LogP contribution < -0.4 is 4.74 Å². The molecule has 0 unspecified atom stereocenters. The third-order valence-corrected chi connectivity index (χ3v) is 3.23. The van der Waals surface area contributed by atoms with E-state index in [4.69, 9.17) is 9.26 Å². The first-order valence-corrected chi connectivity index (χ1v) is 6.91. The van der Waals surface area contributed by atoms with Crippen molar-refractivity contribution in [1.82, 2.24) is 10.1 Å². The molecule has 106 valence electrons. The van der Waals surface area contributed by atoms with Gasteiger partial charge in [0, 0.05) is 11.1 Å². The zero-order chi connectivity index (χ0) is 14.7. The molecule has 0 aliphatic heterocycles. The fraction of sp³-hybridized carbons (Fsp3) is 0.176. The summed E-state index contributed by atoms with van der Waals surface area (Å²) in [5.41, 5.74) is 2.98. The molecule has 0 radical (unpaired) electrons. The van der Waals surface area contributed by atoms with Crippen molar-refractivity contribution in [3.8, 4) is 28.6 Å². The Morgan fingerprint density at radius 3 is 2.52 bits per heavy atom. The standard InChI is InChI=1S/C17H16N2O2/c1-3-20-14-10-8-13(9-11-14)16-18-17(21-19-16)15-7-5-4-6-12(15)2/h4-11H,3H2,1-2H3. The minimum Gasteiger partial charge on any atom is -0.494 e. The van der Waals surface area contributed by atoms with Gasteiger partial charge in [0.05, 0.1) is 6.61 Å². The van der Waals surface area contributed by atoms with Gasteiger partial charge in [-0.3, -0.25) is 0 Å². The van der Waals surface area contributed by atoms with Crippen LogP contribution in [0, 0.1) is 6.92 Å². The van der Waals surface area contributed by atoms with Gasteiger partial charge >= 0.3 is 0 Å². The first kappa shape index (κ1) is 13.4. The van der Waals surface area contributed by atoms with Crippen molar-refractivity contribution in [3.05, 3.63) is 54.1 Å². The van der Waals surface area contributed by atoms with Crippen LogP contribution in [0.3, 0.4) is 0 Å². The van der Waals surface area contributed by atoms with Gasteiger partial charge in [0.1, 0.15) is 5.75 Å². The Bertz CT molecular complexity index is 733. The summed E-state index contributed by atoms with van der Waals surface area (Å²) in [4.78, 5) is 4.47. The van der Waals surface area contributed by atoms with Crippen LogP contribution in [0.4, 0.5) is 0 Å². The van der Waals surface area contributed by atoms with Gasteiger partial charge in [0.15, 0.2) is 0 Å². The SMILES string of the molecule is CCOc1ccc(-c2noc(-c3ccccc3C)n2)cc1. The van der Waals surface area contributed by atoms with Gasteiger partial charge < -0.3 is 9.26 Å². The number of rotatable bonds is 4. The largest absolute Gasteiger partial charge is 0.494 e. The second-order valence-electron chi connectivity index (χ2n) is 4.70. The van der Waals surface area contributed by atoms with E-state index in [1.807, 2.05) is 62.4 Å². The third kappa shape index (κ3) is 2.79. The zero-order valence-corrected chi connectivity index (χ0v) is 12.0. The van der Waals surface area contributed by atoms with Gasteiger partial charge in [0.2, 0.25) is 5.82 Å². The predicted molar refractivity (Wildman–Crippen MR) is 81.1 cm³/mol. The molecule has 0 aliphatic carbocycles. The number of hydrogen-bond acceptors (Lipinski definition) is 4. The van der Waals surface area contributed by atoms with Crippen molar-refractivity contribution in [3.63, 3.8) is 0 Å². The average molecular weight is 280 g/mol. The molecule has 0 bridgehead atoms. The summed E-state index contributed by atoms with van der Waals surface area (Å²) in [5.74, 6) is 1.96. The lowest BCUT2D eigenvalue weighted by Gasteiger charge is -2.02. The molecule has 0 saturated carbocycles. The van der Waals surface area contributed by atoms with Gasteiger partial charge in [-0.2, -0.15) is 4.98 Å². The molecular formula is C17H16N2O2. The molecule has 0 N–H and O–H groups in total. The second-order valence-corrected chi connectivity index (χ2v) is 4.70. The van der Waals surface area contributed by atoms with Crippen molar-refractivity contribution in [2.75, 3.05) is 6.61 Å². The highest BCUT2D eigenvalue weighted by Crippen LogP contribution is 2.25. The number of benzene rings is 2. The van der Waals surface area contributed by atoms with E-state index in [-0.39, 0.29) is 0 Å². The van der Waals surface area contributed by atoms with Gasteiger partial charge in [-0.25, -0.2) is 0 Å². The predicted octanol–water partition coefficient (Wildman–Crippen LogP) is 4.11. The first-order valence-electron chi connectivity index (χ1n) is 6.91. The number of aryl methyl sites for hydroxylation is 1. The van der Waals surface area contributed by atoms with Crippen molar-refractivity contribution in [2.45, 2.75) is 13.8 Å². The Morgan fingerprint density at radius 2 is 1.81 bits per heavy atom. The summed E-state index contributed by atoms with van der Waals surface area (Å²) in [6, 6.07) is 15.6. The van der Waals surface area contributed by atoms with Crippen molar-refractivity contribution >= 4 is 0 Å². The zero-order valence-electron chi connectivity index (χ0n) is 12.0. The normalized spacial score (nSPS) is 10.6. The Balaban J connectivity index is 1.89. The molecular weight excluding hydrogens is 264 g/mol. The highest BCUT2D eigenvalue weighted by atomic mass is 16.5. The molecule has 3 rings (SSSR count). The lowest BCUT2D eigenvalue weighted by molar-refractivity contribution is 0.340. The van der Waals surface area contributed by atoms with Crippen molar-refractivity contribution in [1.29, 1.82) is 0 Å². The summed E-state index contributed by atoms with van der Waals surface area (Å²) in [5, 5.41) is 4.05. The van der Waals surface area contributed by atoms with Gasteiger partial charge in [-0.05, 0) is 49.7 Å². The van der Waals surface area contributed by atoms with Crippen LogP contribution in [0.1, 0.15) is 12.5 Å². The molecule has 2 aromatic carbocycles. The highest BCUT2D eigenvalue weighted by Gasteiger charge is 2.12. The Morgan fingerprint density at radius 1 is 1.05 bits per heavy atom. The van der Waals surface area contributed by atoms with Crippen LogP contribution >= 0.6 is 0 Å². The quantitative estimate of drug-likeness (QED) is 0.721.